The van der Waals surface area contributed by atoms with Gasteiger partial charge in [-0.25, -0.2) is 0 Å². The lowest BCUT2D eigenvalue weighted by atomic mass is 9.99. The first kappa shape index (κ1) is 44.9. The van der Waals surface area contributed by atoms with Crippen molar-refractivity contribution >= 4 is 11.9 Å². The average molecular weight is 697 g/mol. The standard InChI is InChI=1S/C39H68O10/c1-3-5-7-9-11-12-13-14-15-16-17-18-19-20-22-24-26-28-35(42)48-32(30-46-34(41)27-25-23-21-10-8-6-4-2)31-47-39-38(45)37(44)36(43)33(29-40)49-39/h14-15,17-18,20,22,32-33,36-40,43-45H,3-13,16,19,21,23-31H2,1-2H3/b15-14+,18-17+,22-20+/t32-,33+,36-,37?,38?,39+/m1/s1. The lowest BCUT2D eigenvalue weighted by Crippen LogP contribution is -2.59. The van der Waals surface area contributed by atoms with E-state index in [-0.39, 0.29) is 26.1 Å². The molecule has 10 heteroatoms. The summed E-state index contributed by atoms with van der Waals surface area (Å²) in [6.45, 7) is 3.29. The number of esters is 2. The van der Waals surface area contributed by atoms with Gasteiger partial charge in [-0.3, -0.25) is 9.59 Å². The Labute approximate surface area is 295 Å². The Morgan fingerprint density at radius 2 is 1.16 bits per heavy atom. The van der Waals surface area contributed by atoms with Crippen molar-refractivity contribution in [3.63, 3.8) is 0 Å². The van der Waals surface area contributed by atoms with Crippen LogP contribution in [0.25, 0.3) is 0 Å². The molecule has 1 fully saturated rings. The Bertz CT molecular complexity index is 902. The average Bonchev–Trinajstić information content (AvgIpc) is 3.10. The molecule has 0 saturated carbocycles. The topological polar surface area (TPSA) is 152 Å². The quantitative estimate of drug-likeness (QED) is 0.0360. The third-order valence-corrected chi connectivity index (χ3v) is 8.53. The van der Waals surface area contributed by atoms with Crippen LogP contribution in [0.4, 0.5) is 0 Å². The van der Waals surface area contributed by atoms with E-state index in [4.69, 9.17) is 18.9 Å². The summed E-state index contributed by atoms with van der Waals surface area (Å²) in [6.07, 6.45) is 24.7. The minimum absolute atomic E-state index is 0.159. The van der Waals surface area contributed by atoms with Gasteiger partial charge >= 0.3 is 11.9 Å². The smallest absolute Gasteiger partial charge is 0.306 e. The molecule has 0 bridgehead atoms. The monoisotopic (exact) mass is 696 g/mol. The van der Waals surface area contributed by atoms with E-state index in [1.165, 1.54) is 57.8 Å². The van der Waals surface area contributed by atoms with Crippen molar-refractivity contribution in [3.05, 3.63) is 36.5 Å². The molecule has 2 unspecified atom stereocenters. The summed E-state index contributed by atoms with van der Waals surface area (Å²) < 4.78 is 21.9. The number of aliphatic hydroxyl groups is 4. The summed E-state index contributed by atoms with van der Waals surface area (Å²) in [5, 5.41) is 39.8. The van der Waals surface area contributed by atoms with Crippen LogP contribution >= 0.6 is 0 Å². The molecule has 0 amide bonds. The zero-order valence-electron chi connectivity index (χ0n) is 30.4. The van der Waals surface area contributed by atoms with Gasteiger partial charge in [-0.2, -0.15) is 0 Å². The highest BCUT2D eigenvalue weighted by Crippen LogP contribution is 2.22. The van der Waals surface area contributed by atoms with Crippen molar-refractivity contribution < 1.29 is 49.0 Å². The van der Waals surface area contributed by atoms with Crippen molar-refractivity contribution in [2.45, 2.75) is 179 Å². The number of ether oxygens (including phenoxy) is 4. The number of aliphatic hydroxyl groups excluding tert-OH is 4. The third-order valence-electron chi connectivity index (χ3n) is 8.53. The first-order valence-corrected chi connectivity index (χ1v) is 19.1. The molecule has 1 heterocycles. The van der Waals surface area contributed by atoms with E-state index in [0.29, 0.717) is 12.8 Å². The molecule has 1 saturated heterocycles. The van der Waals surface area contributed by atoms with Gasteiger partial charge in [-0.15, -0.1) is 0 Å². The van der Waals surface area contributed by atoms with Crippen LogP contribution in [0.5, 0.6) is 0 Å². The van der Waals surface area contributed by atoms with Gasteiger partial charge in [-0.1, -0.05) is 121 Å². The molecule has 0 spiro atoms. The second kappa shape index (κ2) is 30.7. The van der Waals surface area contributed by atoms with Crippen molar-refractivity contribution in [1.82, 2.24) is 0 Å². The molecule has 0 radical (unpaired) electrons. The molecule has 49 heavy (non-hydrogen) atoms. The number of carbonyl (C=O) groups excluding carboxylic acids is 2. The number of hydrogen-bond donors (Lipinski definition) is 4. The second-order valence-corrected chi connectivity index (χ2v) is 13.0. The molecule has 4 N–H and O–H groups in total. The van der Waals surface area contributed by atoms with Gasteiger partial charge in [0.1, 0.15) is 31.0 Å². The summed E-state index contributed by atoms with van der Waals surface area (Å²) in [6, 6.07) is 0. The van der Waals surface area contributed by atoms with Crippen molar-refractivity contribution in [1.29, 1.82) is 0 Å². The molecule has 1 rings (SSSR count). The summed E-state index contributed by atoms with van der Waals surface area (Å²) in [5.41, 5.74) is 0. The van der Waals surface area contributed by atoms with Crippen LogP contribution in [0.15, 0.2) is 36.5 Å². The Hall–Kier alpha value is -2.08. The Kier molecular flexibility index (Phi) is 28.2. The predicted octanol–water partition coefficient (Wildman–Crippen LogP) is 6.77. The Morgan fingerprint density at radius 3 is 1.78 bits per heavy atom. The number of rotatable bonds is 30. The molecule has 1 aliphatic heterocycles. The van der Waals surface area contributed by atoms with Crippen LogP contribution in [0.3, 0.4) is 0 Å². The van der Waals surface area contributed by atoms with E-state index in [0.717, 1.165) is 44.9 Å². The molecule has 1 aliphatic rings. The molecule has 0 aromatic carbocycles. The van der Waals surface area contributed by atoms with Gasteiger partial charge in [0.25, 0.3) is 0 Å². The van der Waals surface area contributed by atoms with Gasteiger partial charge in [0, 0.05) is 12.8 Å². The van der Waals surface area contributed by atoms with Crippen molar-refractivity contribution in [2.24, 2.45) is 0 Å². The molecule has 10 nitrogen and oxygen atoms in total. The fraction of sp³-hybridized carbons (Fsp3) is 0.795. The molecule has 284 valence electrons. The van der Waals surface area contributed by atoms with Crippen LogP contribution in [0.2, 0.25) is 0 Å². The maximum absolute atomic E-state index is 12.6. The molecule has 6 atom stereocenters. The van der Waals surface area contributed by atoms with Crippen LogP contribution in [-0.4, -0.2) is 89.0 Å². The van der Waals surface area contributed by atoms with E-state index in [1.807, 2.05) is 6.08 Å². The van der Waals surface area contributed by atoms with Gasteiger partial charge in [-0.05, 0) is 44.9 Å². The maximum Gasteiger partial charge on any atom is 0.306 e. The minimum Gasteiger partial charge on any atom is -0.462 e. The fourth-order valence-electron chi connectivity index (χ4n) is 5.44. The van der Waals surface area contributed by atoms with Crippen LogP contribution in [0, 0.1) is 0 Å². The highest BCUT2D eigenvalue weighted by molar-refractivity contribution is 5.70. The van der Waals surface area contributed by atoms with Crippen LogP contribution in [-0.2, 0) is 28.5 Å². The highest BCUT2D eigenvalue weighted by atomic mass is 16.7. The van der Waals surface area contributed by atoms with E-state index in [1.54, 1.807) is 0 Å². The molecule has 0 aliphatic carbocycles. The van der Waals surface area contributed by atoms with Crippen molar-refractivity contribution in [2.75, 3.05) is 19.8 Å². The molecule has 0 aromatic heterocycles. The molecular formula is C39H68O10. The number of allylic oxidation sites excluding steroid dienone is 6. The fourth-order valence-corrected chi connectivity index (χ4v) is 5.44. The van der Waals surface area contributed by atoms with E-state index < -0.39 is 55.4 Å². The largest absolute Gasteiger partial charge is 0.462 e. The SMILES string of the molecule is CCCCCCCC/C=C/C/C=C/C/C=C/CCCC(=O)O[C@H](COC(=O)CCCCCCCCC)CO[C@H]1O[C@@H](CO)[C@@H](O)C(O)C1O. The number of unbranched alkanes of at least 4 members (excludes halogenated alkanes) is 13. The normalized spacial score (nSPS) is 22.0. The Balaban J connectivity index is 2.42. The first-order valence-electron chi connectivity index (χ1n) is 19.1. The van der Waals surface area contributed by atoms with E-state index in [2.05, 4.69) is 44.2 Å². The summed E-state index contributed by atoms with van der Waals surface area (Å²) in [7, 11) is 0. The molecular weight excluding hydrogens is 628 g/mol. The number of carbonyl (C=O) groups is 2. The number of hydrogen-bond acceptors (Lipinski definition) is 10. The van der Waals surface area contributed by atoms with Gasteiger partial charge in [0.15, 0.2) is 12.4 Å². The third kappa shape index (κ3) is 23.1. The minimum atomic E-state index is -1.60. The lowest BCUT2D eigenvalue weighted by Gasteiger charge is -2.39. The molecule has 0 aromatic rings. The summed E-state index contributed by atoms with van der Waals surface area (Å²) >= 11 is 0. The zero-order valence-corrected chi connectivity index (χ0v) is 30.4. The van der Waals surface area contributed by atoms with Gasteiger partial charge in [0.2, 0.25) is 0 Å². The van der Waals surface area contributed by atoms with Crippen molar-refractivity contribution in [3.8, 4) is 0 Å². The summed E-state index contributed by atoms with van der Waals surface area (Å²) in [4.78, 5) is 25.0. The summed E-state index contributed by atoms with van der Waals surface area (Å²) in [5.74, 6) is -0.877. The lowest BCUT2D eigenvalue weighted by molar-refractivity contribution is -0.305. The van der Waals surface area contributed by atoms with Gasteiger partial charge in [0.05, 0.1) is 13.2 Å². The van der Waals surface area contributed by atoms with E-state index in [9.17, 15) is 30.0 Å². The Morgan fingerprint density at radius 1 is 0.633 bits per heavy atom. The first-order chi connectivity index (χ1) is 23.8. The van der Waals surface area contributed by atoms with Gasteiger partial charge < -0.3 is 39.4 Å². The van der Waals surface area contributed by atoms with Crippen LogP contribution < -0.4 is 0 Å². The zero-order chi connectivity index (χ0) is 36.0. The highest BCUT2D eigenvalue weighted by Gasteiger charge is 2.44. The second-order valence-electron chi connectivity index (χ2n) is 13.0. The van der Waals surface area contributed by atoms with Crippen LogP contribution in [0.1, 0.15) is 142 Å². The maximum atomic E-state index is 12.6. The van der Waals surface area contributed by atoms with E-state index >= 15 is 0 Å². The predicted molar refractivity (Wildman–Crippen MR) is 192 cm³/mol.